The minimum Gasteiger partial charge on any atom is -0.368 e. The molecule has 1 saturated heterocycles. The Morgan fingerprint density at radius 2 is 2.09 bits per heavy atom. The smallest absolute Gasteiger partial charge is 0.278 e. The summed E-state index contributed by atoms with van der Waals surface area (Å²) in [6.07, 6.45) is 1.27. The quantitative estimate of drug-likeness (QED) is 0.803. The summed E-state index contributed by atoms with van der Waals surface area (Å²) >= 11 is 0. The van der Waals surface area contributed by atoms with Crippen LogP contribution in [0.2, 0.25) is 0 Å². The van der Waals surface area contributed by atoms with Crippen molar-refractivity contribution in [3.63, 3.8) is 0 Å². The molecule has 22 heavy (non-hydrogen) atoms. The molecule has 1 fully saturated rings. The van der Waals surface area contributed by atoms with Crippen LogP contribution in [0.1, 0.15) is 12.8 Å². The van der Waals surface area contributed by atoms with Crippen LogP contribution >= 0.6 is 0 Å². The Morgan fingerprint density at radius 1 is 1.32 bits per heavy atom. The Hall–Kier alpha value is -2.77. The van der Waals surface area contributed by atoms with E-state index in [9.17, 15) is 14.4 Å². The molecule has 1 aromatic heterocycles. The van der Waals surface area contributed by atoms with Crippen molar-refractivity contribution in [1.29, 1.82) is 0 Å². The lowest BCUT2D eigenvalue weighted by atomic mass is 10.2. The van der Waals surface area contributed by atoms with Gasteiger partial charge in [-0.05, 0) is 25.0 Å². The predicted octanol–water partition coefficient (Wildman–Crippen LogP) is -0.732. The zero-order chi connectivity index (χ0) is 15.7. The average molecular weight is 301 g/mol. The Kier molecular flexibility index (Phi) is 3.58. The number of carbonyl (C=O) groups is 2. The molecule has 8 nitrogen and oxygen atoms in total. The van der Waals surface area contributed by atoms with Gasteiger partial charge < -0.3 is 10.6 Å². The van der Waals surface area contributed by atoms with E-state index in [2.05, 4.69) is 10.3 Å². The first kappa shape index (κ1) is 14.2. The third kappa shape index (κ3) is 2.43. The highest BCUT2D eigenvalue weighted by Crippen LogP contribution is 2.17. The van der Waals surface area contributed by atoms with Gasteiger partial charge >= 0.3 is 0 Å². The number of primary amides is 1. The van der Waals surface area contributed by atoms with E-state index in [1.165, 1.54) is 4.90 Å². The van der Waals surface area contributed by atoms with Crippen LogP contribution in [0.3, 0.4) is 0 Å². The first-order chi connectivity index (χ1) is 10.6. The maximum atomic E-state index is 12.3. The zero-order valence-corrected chi connectivity index (χ0v) is 11.8. The van der Waals surface area contributed by atoms with Crippen molar-refractivity contribution < 1.29 is 9.59 Å². The standard InChI is InChI=1S/C14H15N5O3/c15-13(21)11-6-3-7-18(11)12(20)8-19-14(22)9-4-1-2-5-10(9)16-17-19/h1-2,4-5,11H,3,6-8H2,(H2,15,21). The summed E-state index contributed by atoms with van der Waals surface area (Å²) in [4.78, 5) is 37.4. The van der Waals surface area contributed by atoms with E-state index in [1.807, 2.05) is 0 Å². The number of hydrogen-bond acceptors (Lipinski definition) is 5. The molecule has 2 N–H and O–H groups in total. The van der Waals surface area contributed by atoms with Crippen LogP contribution in [0.15, 0.2) is 29.1 Å². The molecule has 2 aromatic rings. The van der Waals surface area contributed by atoms with E-state index in [0.717, 1.165) is 11.1 Å². The Labute approximate surface area is 125 Å². The van der Waals surface area contributed by atoms with Crippen LogP contribution in [0.4, 0.5) is 0 Å². The number of carbonyl (C=O) groups excluding carboxylic acids is 2. The lowest BCUT2D eigenvalue weighted by molar-refractivity contribution is -0.138. The van der Waals surface area contributed by atoms with Crippen molar-refractivity contribution in [2.75, 3.05) is 6.54 Å². The molecule has 0 saturated carbocycles. The number of fused-ring (bicyclic) bond motifs is 1. The minimum atomic E-state index is -0.600. The lowest BCUT2D eigenvalue weighted by Crippen LogP contribution is -2.46. The fraction of sp³-hybridized carbons (Fsp3) is 0.357. The summed E-state index contributed by atoms with van der Waals surface area (Å²) in [5.74, 6) is -0.879. The van der Waals surface area contributed by atoms with Gasteiger partial charge in [0.15, 0.2) is 0 Å². The molecule has 1 aliphatic heterocycles. The maximum Gasteiger partial charge on any atom is 0.278 e. The number of benzene rings is 1. The van der Waals surface area contributed by atoms with Gasteiger partial charge in [0.1, 0.15) is 18.1 Å². The first-order valence-electron chi connectivity index (χ1n) is 6.99. The van der Waals surface area contributed by atoms with Crippen LogP contribution in [-0.2, 0) is 16.1 Å². The molecule has 2 amide bonds. The van der Waals surface area contributed by atoms with Gasteiger partial charge in [0.2, 0.25) is 11.8 Å². The van der Waals surface area contributed by atoms with Crippen molar-refractivity contribution in [3.05, 3.63) is 34.6 Å². The van der Waals surface area contributed by atoms with E-state index < -0.39 is 11.9 Å². The maximum absolute atomic E-state index is 12.3. The molecular weight excluding hydrogens is 286 g/mol. The van der Waals surface area contributed by atoms with E-state index in [4.69, 9.17) is 5.73 Å². The third-order valence-corrected chi connectivity index (χ3v) is 3.82. The van der Waals surface area contributed by atoms with Crippen LogP contribution < -0.4 is 11.3 Å². The second kappa shape index (κ2) is 5.55. The van der Waals surface area contributed by atoms with E-state index in [-0.39, 0.29) is 18.0 Å². The summed E-state index contributed by atoms with van der Waals surface area (Å²) in [6, 6.07) is 6.19. The van der Waals surface area contributed by atoms with Crippen molar-refractivity contribution >= 4 is 22.7 Å². The molecule has 0 radical (unpaired) electrons. The number of nitrogens with two attached hydrogens (primary N) is 1. The molecule has 0 aliphatic carbocycles. The molecule has 1 unspecified atom stereocenters. The molecule has 114 valence electrons. The molecule has 0 bridgehead atoms. The molecule has 3 rings (SSSR count). The van der Waals surface area contributed by atoms with Crippen LogP contribution in [-0.4, -0.2) is 44.3 Å². The number of nitrogens with zero attached hydrogens (tertiary/aromatic N) is 4. The summed E-state index contributed by atoms with van der Waals surface area (Å²) in [5.41, 5.74) is 5.39. The molecular formula is C14H15N5O3. The normalized spacial score (nSPS) is 17.8. The Bertz CT molecular complexity index is 800. The number of likely N-dealkylation sites (tertiary alicyclic amines) is 1. The number of rotatable bonds is 3. The van der Waals surface area contributed by atoms with E-state index in [1.54, 1.807) is 24.3 Å². The molecule has 8 heteroatoms. The van der Waals surface area contributed by atoms with Gasteiger partial charge in [0, 0.05) is 6.54 Å². The first-order valence-corrected chi connectivity index (χ1v) is 6.99. The van der Waals surface area contributed by atoms with Gasteiger partial charge in [-0.25, -0.2) is 4.68 Å². The number of amides is 2. The summed E-state index contributed by atoms with van der Waals surface area (Å²) in [6.45, 7) is 0.211. The van der Waals surface area contributed by atoms with Crippen molar-refractivity contribution in [3.8, 4) is 0 Å². The third-order valence-electron chi connectivity index (χ3n) is 3.82. The van der Waals surface area contributed by atoms with E-state index >= 15 is 0 Å². The van der Waals surface area contributed by atoms with Gasteiger partial charge in [0.25, 0.3) is 5.56 Å². The van der Waals surface area contributed by atoms with Gasteiger partial charge in [-0.3, -0.25) is 14.4 Å². The number of hydrogen-bond donors (Lipinski definition) is 1. The van der Waals surface area contributed by atoms with Gasteiger partial charge in [-0.1, -0.05) is 17.3 Å². The highest BCUT2D eigenvalue weighted by atomic mass is 16.2. The van der Waals surface area contributed by atoms with Crippen molar-refractivity contribution in [1.82, 2.24) is 19.9 Å². The molecule has 2 heterocycles. The van der Waals surface area contributed by atoms with Crippen LogP contribution in [0.5, 0.6) is 0 Å². The SMILES string of the molecule is NC(=O)C1CCCN1C(=O)Cn1nnc2ccccc2c1=O. The second-order valence-electron chi connectivity index (χ2n) is 5.22. The van der Waals surface area contributed by atoms with Gasteiger partial charge in [0.05, 0.1) is 5.39 Å². The lowest BCUT2D eigenvalue weighted by Gasteiger charge is -2.22. The highest BCUT2D eigenvalue weighted by molar-refractivity contribution is 5.87. The fourth-order valence-corrected chi connectivity index (χ4v) is 2.71. The molecule has 1 aliphatic rings. The summed E-state index contributed by atoms with van der Waals surface area (Å²) in [7, 11) is 0. The summed E-state index contributed by atoms with van der Waals surface area (Å²) < 4.78 is 1.01. The zero-order valence-electron chi connectivity index (χ0n) is 11.8. The highest BCUT2D eigenvalue weighted by Gasteiger charge is 2.32. The second-order valence-corrected chi connectivity index (χ2v) is 5.22. The monoisotopic (exact) mass is 301 g/mol. The Balaban J connectivity index is 1.87. The average Bonchev–Trinajstić information content (AvgIpc) is 3.00. The molecule has 1 aromatic carbocycles. The molecule has 1 atom stereocenters. The minimum absolute atomic E-state index is 0.250. The van der Waals surface area contributed by atoms with E-state index in [0.29, 0.717) is 23.9 Å². The van der Waals surface area contributed by atoms with Crippen LogP contribution in [0.25, 0.3) is 10.9 Å². The fourth-order valence-electron chi connectivity index (χ4n) is 2.71. The number of aromatic nitrogens is 3. The largest absolute Gasteiger partial charge is 0.368 e. The molecule has 0 spiro atoms. The predicted molar refractivity (Wildman–Crippen MR) is 77.7 cm³/mol. The van der Waals surface area contributed by atoms with Gasteiger partial charge in [-0.15, -0.1) is 5.10 Å². The summed E-state index contributed by atoms with van der Waals surface area (Å²) in [5, 5.41) is 8.11. The van der Waals surface area contributed by atoms with Crippen molar-refractivity contribution in [2.45, 2.75) is 25.4 Å². The Morgan fingerprint density at radius 3 is 2.86 bits per heavy atom. The van der Waals surface area contributed by atoms with Crippen molar-refractivity contribution in [2.24, 2.45) is 5.73 Å². The van der Waals surface area contributed by atoms with Crippen LogP contribution in [0, 0.1) is 0 Å². The van der Waals surface area contributed by atoms with Gasteiger partial charge in [-0.2, -0.15) is 0 Å². The topological polar surface area (TPSA) is 111 Å².